The van der Waals surface area contributed by atoms with Crippen molar-refractivity contribution in [3.05, 3.63) is 78.2 Å². The van der Waals surface area contributed by atoms with Crippen LogP contribution in [0.3, 0.4) is 0 Å². The summed E-state index contributed by atoms with van der Waals surface area (Å²) in [7, 11) is 1.51. The van der Waals surface area contributed by atoms with Crippen LogP contribution in [0.5, 0.6) is 11.5 Å². The number of para-hydroxylation sites is 1. The van der Waals surface area contributed by atoms with Crippen LogP contribution in [0.25, 0.3) is 28.1 Å². The number of methoxy groups -OCH3 is 1. The van der Waals surface area contributed by atoms with Gasteiger partial charge in [-0.15, -0.1) is 5.10 Å². The molecule has 3 aromatic heterocycles. The van der Waals surface area contributed by atoms with E-state index in [-0.39, 0.29) is 12.4 Å². The lowest BCUT2D eigenvalue weighted by atomic mass is 10.0. The fourth-order valence-corrected chi connectivity index (χ4v) is 3.98. The Hall–Kier alpha value is -4.50. The maximum Gasteiger partial charge on any atom is 0.169 e. The molecule has 9 heteroatoms. The highest BCUT2D eigenvalue weighted by atomic mass is 16.5. The predicted molar refractivity (Wildman–Crippen MR) is 133 cm³/mol. The van der Waals surface area contributed by atoms with Crippen LogP contribution in [0.15, 0.2) is 67.0 Å². The second kappa shape index (κ2) is 9.40. The lowest BCUT2D eigenvalue weighted by Crippen LogP contribution is -2.03. The first-order valence-electron chi connectivity index (χ1n) is 11.1. The van der Waals surface area contributed by atoms with Crippen molar-refractivity contribution in [2.24, 2.45) is 0 Å². The molecule has 0 bridgehead atoms. The molecule has 0 amide bonds. The van der Waals surface area contributed by atoms with Gasteiger partial charge < -0.3 is 20.3 Å². The maximum atomic E-state index is 10.3. The van der Waals surface area contributed by atoms with E-state index in [1.165, 1.54) is 7.11 Å². The molecule has 3 N–H and O–H groups in total. The zero-order valence-electron chi connectivity index (χ0n) is 19.3. The van der Waals surface area contributed by atoms with Crippen molar-refractivity contribution in [2.75, 3.05) is 19.0 Å². The summed E-state index contributed by atoms with van der Waals surface area (Å²) in [6.45, 7) is 1.87. The summed E-state index contributed by atoms with van der Waals surface area (Å²) in [6, 6.07) is 18.6. The van der Waals surface area contributed by atoms with Gasteiger partial charge in [0.15, 0.2) is 17.3 Å². The van der Waals surface area contributed by atoms with E-state index < -0.39 is 0 Å². The zero-order valence-corrected chi connectivity index (χ0v) is 19.3. The molecule has 176 valence electrons. The normalized spacial score (nSPS) is 11.1. The maximum absolute atomic E-state index is 10.3. The number of aromatic hydroxyl groups is 1. The average Bonchev–Trinajstić information content (AvgIpc) is 3.29. The second-order valence-corrected chi connectivity index (χ2v) is 8.01. The number of benzene rings is 2. The quantitative estimate of drug-likeness (QED) is 0.326. The van der Waals surface area contributed by atoms with Crippen LogP contribution >= 0.6 is 0 Å². The molecule has 35 heavy (non-hydrogen) atoms. The van der Waals surface area contributed by atoms with Crippen LogP contribution in [0, 0.1) is 6.92 Å². The fraction of sp³-hybridized carbons (Fsp3) is 0.154. The molecule has 0 atom stereocenters. The molecular weight excluding hydrogens is 444 g/mol. The van der Waals surface area contributed by atoms with Gasteiger partial charge in [-0.25, -0.2) is 9.97 Å². The van der Waals surface area contributed by atoms with Crippen LogP contribution in [-0.4, -0.2) is 48.7 Å². The largest absolute Gasteiger partial charge is 0.504 e. The van der Waals surface area contributed by atoms with E-state index in [1.807, 2.05) is 60.0 Å². The number of aliphatic hydroxyl groups excluding tert-OH is 1. The molecule has 3 heterocycles. The molecule has 0 unspecified atom stereocenters. The van der Waals surface area contributed by atoms with Crippen LogP contribution < -0.4 is 10.1 Å². The highest BCUT2D eigenvalue weighted by Gasteiger charge is 2.17. The van der Waals surface area contributed by atoms with Crippen molar-refractivity contribution in [2.45, 2.75) is 13.3 Å². The Kier molecular flexibility index (Phi) is 5.99. The van der Waals surface area contributed by atoms with Gasteiger partial charge in [0.25, 0.3) is 0 Å². The second-order valence-electron chi connectivity index (χ2n) is 8.01. The van der Waals surface area contributed by atoms with Crippen molar-refractivity contribution >= 4 is 22.5 Å². The van der Waals surface area contributed by atoms with Crippen LogP contribution in [-0.2, 0) is 6.42 Å². The standard InChI is InChI=1S/C26H24N6O3/c1-16-6-10-23(31-30-16)28-18-8-9-21-20(14-18)27-15-32(21)24-11-7-17(12-13-33)25(29-24)19-4-3-5-22(34)26(19)35-2/h3-11,14-15,33-34H,12-13H2,1-2H3,(H,28,31). The van der Waals surface area contributed by atoms with Crippen LogP contribution in [0.2, 0.25) is 0 Å². The summed E-state index contributed by atoms with van der Waals surface area (Å²) >= 11 is 0. The number of nitrogens with zero attached hydrogens (tertiary/aromatic N) is 5. The smallest absolute Gasteiger partial charge is 0.169 e. The number of phenols is 1. The number of aromatic nitrogens is 5. The first kappa shape index (κ1) is 22.3. The van der Waals surface area contributed by atoms with Gasteiger partial charge in [0.2, 0.25) is 0 Å². The molecule has 5 rings (SSSR count). The third kappa shape index (κ3) is 4.36. The molecule has 0 aliphatic carbocycles. The van der Waals surface area contributed by atoms with E-state index in [0.29, 0.717) is 35.1 Å². The molecule has 0 fully saturated rings. The van der Waals surface area contributed by atoms with E-state index in [9.17, 15) is 10.2 Å². The van der Waals surface area contributed by atoms with Crippen LogP contribution in [0.4, 0.5) is 11.5 Å². The lowest BCUT2D eigenvalue weighted by Gasteiger charge is -2.15. The first-order chi connectivity index (χ1) is 17.1. The number of phenolic OH excluding ortho intramolecular Hbond substituents is 1. The molecule has 2 aromatic carbocycles. The number of aliphatic hydroxyl groups is 1. The first-order valence-corrected chi connectivity index (χ1v) is 11.1. The summed E-state index contributed by atoms with van der Waals surface area (Å²) in [5.74, 6) is 1.67. The summed E-state index contributed by atoms with van der Waals surface area (Å²) in [5.41, 5.74) is 5.47. The topological polar surface area (TPSA) is 118 Å². The third-order valence-electron chi connectivity index (χ3n) is 5.66. The van der Waals surface area contributed by atoms with Gasteiger partial charge in [-0.3, -0.25) is 4.57 Å². The highest BCUT2D eigenvalue weighted by molar-refractivity contribution is 5.82. The third-order valence-corrected chi connectivity index (χ3v) is 5.66. The molecule has 0 saturated carbocycles. The minimum Gasteiger partial charge on any atom is -0.504 e. The summed E-state index contributed by atoms with van der Waals surface area (Å²) < 4.78 is 7.34. The Labute approximate surface area is 201 Å². The summed E-state index contributed by atoms with van der Waals surface area (Å²) in [4.78, 5) is 9.45. The van der Waals surface area contributed by atoms with Gasteiger partial charge in [-0.2, -0.15) is 5.10 Å². The Morgan fingerprint density at radius 2 is 1.91 bits per heavy atom. The number of nitrogens with one attached hydrogen (secondary N) is 1. The van der Waals surface area contributed by atoms with E-state index in [2.05, 4.69) is 20.5 Å². The van der Waals surface area contributed by atoms with Gasteiger partial charge in [-0.05, 0) is 67.4 Å². The van der Waals surface area contributed by atoms with E-state index in [0.717, 1.165) is 28.0 Å². The predicted octanol–water partition coefficient (Wildman–Crippen LogP) is 4.18. The van der Waals surface area contributed by atoms with Gasteiger partial charge in [0, 0.05) is 17.9 Å². The number of hydrogen-bond donors (Lipinski definition) is 3. The molecule has 9 nitrogen and oxygen atoms in total. The SMILES string of the molecule is COc1c(O)cccc1-c1nc(-n2cnc3cc(Nc4ccc(C)nn4)ccc32)ccc1CCO. The highest BCUT2D eigenvalue weighted by Crippen LogP contribution is 2.38. The van der Waals surface area contributed by atoms with E-state index in [1.54, 1.807) is 18.5 Å². The summed E-state index contributed by atoms with van der Waals surface area (Å²) in [6.07, 6.45) is 2.14. The van der Waals surface area contributed by atoms with Crippen molar-refractivity contribution in [1.29, 1.82) is 0 Å². The molecular formula is C26H24N6O3. The Balaban J connectivity index is 1.55. The van der Waals surface area contributed by atoms with Gasteiger partial charge >= 0.3 is 0 Å². The minimum atomic E-state index is -0.0235. The van der Waals surface area contributed by atoms with Crippen molar-refractivity contribution in [3.63, 3.8) is 0 Å². The van der Waals surface area contributed by atoms with Crippen molar-refractivity contribution in [3.8, 4) is 28.6 Å². The molecule has 0 aliphatic rings. The molecule has 0 spiro atoms. The molecule has 5 aromatic rings. The number of anilines is 2. The van der Waals surface area contributed by atoms with E-state index in [4.69, 9.17) is 9.72 Å². The molecule has 0 radical (unpaired) electrons. The minimum absolute atomic E-state index is 0.0235. The lowest BCUT2D eigenvalue weighted by molar-refractivity contribution is 0.299. The Morgan fingerprint density at radius 1 is 1.03 bits per heavy atom. The summed E-state index contributed by atoms with van der Waals surface area (Å²) in [5, 5.41) is 31.3. The number of ether oxygens (including phenoxy) is 1. The molecule has 0 aliphatic heterocycles. The van der Waals surface area contributed by atoms with Gasteiger partial charge in [-0.1, -0.05) is 12.1 Å². The Morgan fingerprint density at radius 3 is 2.69 bits per heavy atom. The number of aryl methyl sites for hydroxylation is 1. The molecule has 0 saturated heterocycles. The number of hydrogen-bond acceptors (Lipinski definition) is 8. The number of pyridine rings is 1. The van der Waals surface area contributed by atoms with E-state index >= 15 is 0 Å². The van der Waals surface area contributed by atoms with Crippen LogP contribution in [0.1, 0.15) is 11.3 Å². The van der Waals surface area contributed by atoms with Crippen molar-refractivity contribution < 1.29 is 14.9 Å². The number of imidazole rings is 1. The average molecular weight is 469 g/mol. The monoisotopic (exact) mass is 468 g/mol. The number of rotatable bonds is 7. The fourth-order valence-electron chi connectivity index (χ4n) is 3.98. The van der Waals surface area contributed by atoms with Gasteiger partial charge in [0.1, 0.15) is 12.1 Å². The van der Waals surface area contributed by atoms with Crippen molar-refractivity contribution in [1.82, 2.24) is 24.7 Å². The van der Waals surface area contributed by atoms with Gasteiger partial charge in [0.05, 0.1) is 29.5 Å². The number of fused-ring (bicyclic) bond motifs is 1. The zero-order chi connectivity index (χ0) is 24.4. The Bertz CT molecular complexity index is 1500.